The Bertz CT molecular complexity index is 915. The van der Waals surface area contributed by atoms with Gasteiger partial charge >= 0.3 is 0 Å². The fourth-order valence-electron chi connectivity index (χ4n) is 3.52. The summed E-state index contributed by atoms with van der Waals surface area (Å²) in [4.78, 5) is 18.2. The van der Waals surface area contributed by atoms with E-state index in [1.807, 2.05) is 29.1 Å². The number of piperidine rings is 1. The van der Waals surface area contributed by atoms with E-state index in [0.717, 1.165) is 48.2 Å². The summed E-state index contributed by atoms with van der Waals surface area (Å²) in [6, 6.07) is 9.86. The van der Waals surface area contributed by atoms with E-state index in [1.165, 1.54) is 5.56 Å². The fourth-order valence-corrected chi connectivity index (χ4v) is 3.52. The molecule has 1 aliphatic rings. The van der Waals surface area contributed by atoms with Crippen LogP contribution in [0.2, 0.25) is 0 Å². The molecule has 1 atom stereocenters. The molecule has 4 rings (SSSR count). The molecular weight excluding hydrogens is 314 g/mol. The van der Waals surface area contributed by atoms with Crippen molar-refractivity contribution in [1.82, 2.24) is 14.8 Å². The number of pyridine rings is 1. The summed E-state index contributed by atoms with van der Waals surface area (Å²) in [5.41, 5.74) is 8.74. The number of primary amides is 1. The van der Waals surface area contributed by atoms with Gasteiger partial charge in [-0.15, -0.1) is 5.10 Å². The lowest BCUT2D eigenvalue weighted by Gasteiger charge is -2.34. The molecule has 1 amide bonds. The molecule has 6 nitrogen and oxygen atoms in total. The van der Waals surface area contributed by atoms with E-state index < -0.39 is 0 Å². The van der Waals surface area contributed by atoms with Gasteiger partial charge in [0.1, 0.15) is 6.04 Å². The van der Waals surface area contributed by atoms with Crippen molar-refractivity contribution in [3.05, 3.63) is 48.3 Å². The van der Waals surface area contributed by atoms with Crippen LogP contribution in [0.15, 0.2) is 42.7 Å². The number of nitrogens with zero attached hydrogens (tertiary/aromatic N) is 4. The molecule has 1 aromatic carbocycles. The molecule has 2 aromatic heterocycles. The smallest absolute Gasteiger partial charge is 0.240 e. The zero-order valence-corrected chi connectivity index (χ0v) is 14.2. The highest BCUT2D eigenvalue weighted by molar-refractivity contribution is 5.94. The molecule has 0 aliphatic carbocycles. The average molecular weight is 335 g/mol. The highest BCUT2D eigenvalue weighted by Crippen LogP contribution is 2.32. The molecule has 1 saturated heterocycles. The number of aryl methyl sites for hydroxylation is 1. The van der Waals surface area contributed by atoms with Crippen LogP contribution in [0.5, 0.6) is 0 Å². The van der Waals surface area contributed by atoms with Gasteiger partial charge in [0.05, 0.1) is 17.4 Å². The number of amides is 1. The van der Waals surface area contributed by atoms with Gasteiger partial charge in [0, 0.05) is 18.1 Å². The maximum Gasteiger partial charge on any atom is 0.240 e. The number of rotatable bonds is 3. The van der Waals surface area contributed by atoms with Gasteiger partial charge in [0.25, 0.3) is 0 Å². The SMILES string of the molecule is Cc1ccc(-n2nc(N3CCCCC3C(N)=O)c3ccncc32)cc1. The second-order valence-electron chi connectivity index (χ2n) is 6.57. The third-order valence-electron chi connectivity index (χ3n) is 4.85. The van der Waals surface area contributed by atoms with Crippen LogP contribution in [0.4, 0.5) is 5.82 Å². The number of aromatic nitrogens is 3. The van der Waals surface area contributed by atoms with Crippen molar-refractivity contribution in [2.24, 2.45) is 5.73 Å². The summed E-state index contributed by atoms with van der Waals surface area (Å²) < 4.78 is 1.89. The Morgan fingerprint density at radius 3 is 2.76 bits per heavy atom. The van der Waals surface area contributed by atoms with Gasteiger partial charge in [-0.25, -0.2) is 4.68 Å². The average Bonchev–Trinajstić information content (AvgIpc) is 3.02. The molecule has 1 fully saturated rings. The van der Waals surface area contributed by atoms with Crippen LogP contribution in [0.1, 0.15) is 24.8 Å². The third-order valence-corrected chi connectivity index (χ3v) is 4.85. The van der Waals surface area contributed by atoms with Crippen LogP contribution in [-0.2, 0) is 4.79 Å². The number of carbonyl (C=O) groups is 1. The minimum atomic E-state index is -0.300. The summed E-state index contributed by atoms with van der Waals surface area (Å²) in [5, 5.41) is 5.83. The molecule has 0 radical (unpaired) electrons. The summed E-state index contributed by atoms with van der Waals surface area (Å²) in [5.74, 6) is 0.522. The zero-order valence-electron chi connectivity index (χ0n) is 14.2. The van der Waals surface area contributed by atoms with E-state index in [0.29, 0.717) is 0 Å². The molecule has 3 heterocycles. The first kappa shape index (κ1) is 15.6. The van der Waals surface area contributed by atoms with Gasteiger partial charge in [-0.05, 0) is 44.4 Å². The fraction of sp³-hybridized carbons (Fsp3) is 0.316. The molecule has 3 aromatic rings. The molecule has 1 unspecified atom stereocenters. The van der Waals surface area contributed by atoms with E-state index in [4.69, 9.17) is 10.8 Å². The van der Waals surface area contributed by atoms with Crippen molar-refractivity contribution in [2.75, 3.05) is 11.4 Å². The highest BCUT2D eigenvalue weighted by Gasteiger charge is 2.30. The molecule has 0 spiro atoms. The van der Waals surface area contributed by atoms with Crippen molar-refractivity contribution < 1.29 is 4.79 Å². The lowest BCUT2D eigenvalue weighted by molar-refractivity contribution is -0.119. The second kappa shape index (κ2) is 6.20. The summed E-state index contributed by atoms with van der Waals surface area (Å²) in [6.07, 6.45) is 6.40. The predicted octanol–water partition coefficient (Wildman–Crippen LogP) is 2.57. The van der Waals surface area contributed by atoms with Crippen molar-refractivity contribution in [1.29, 1.82) is 0 Å². The summed E-state index contributed by atoms with van der Waals surface area (Å²) >= 11 is 0. The van der Waals surface area contributed by atoms with E-state index in [1.54, 1.807) is 6.20 Å². The van der Waals surface area contributed by atoms with Crippen LogP contribution >= 0.6 is 0 Å². The lowest BCUT2D eigenvalue weighted by Crippen LogP contribution is -2.48. The largest absolute Gasteiger partial charge is 0.368 e. The number of carbonyl (C=O) groups excluding carboxylic acids is 1. The quantitative estimate of drug-likeness (QED) is 0.798. The van der Waals surface area contributed by atoms with Crippen molar-refractivity contribution >= 4 is 22.6 Å². The Labute approximate surface area is 146 Å². The third kappa shape index (κ3) is 2.73. The van der Waals surface area contributed by atoms with Gasteiger partial charge in [-0.1, -0.05) is 17.7 Å². The Hall–Kier alpha value is -2.89. The van der Waals surface area contributed by atoms with E-state index in [2.05, 4.69) is 28.9 Å². The molecule has 25 heavy (non-hydrogen) atoms. The van der Waals surface area contributed by atoms with Crippen molar-refractivity contribution in [3.63, 3.8) is 0 Å². The summed E-state index contributed by atoms with van der Waals surface area (Å²) in [6.45, 7) is 2.85. The Morgan fingerprint density at radius 2 is 2.00 bits per heavy atom. The second-order valence-corrected chi connectivity index (χ2v) is 6.57. The molecule has 1 aliphatic heterocycles. The van der Waals surface area contributed by atoms with Crippen molar-refractivity contribution in [2.45, 2.75) is 32.2 Å². The van der Waals surface area contributed by atoms with Gasteiger partial charge in [-0.2, -0.15) is 0 Å². The normalized spacial score (nSPS) is 17.8. The van der Waals surface area contributed by atoms with Crippen LogP contribution < -0.4 is 10.6 Å². The van der Waals surface area contributed by atoms with E-state index in [9.17, 15) is 4.79 Å². The highest BCUT2D eigenvalue weighted by atomic mass is 16.1. The molecule has 6 heteroatoms. The maximum absolute atomic E-state index is 11.9. The molecule has 0 bridgehead atoms. The minimum Gasteiger partial charge on any atom is -0.368 e. The Kier molecular flexibility index (Phi) is 3.87. The van der Waals surface area contributed by atoms with Gasteiger partial charge in [0.2, 0.25) is 5.91 Å². The lowest BCUT2D eigenvalue weighted by atomic mass is 10.0. The van der Waals surface area contributed by atoms with E-state index in [-0.39, 0.29) is 11.9 Å². The number of hydrogen-bond donors (Lipinski definition) is 1. The van der Waals surface area contributed by atoms with Gasteiger partial charge < -0.3 is 10.6 Å². The Balaban J connectivity index is 1.87. The van der Waals surface area contributed by atoms with Crippen LogP contribution in [0.25, 0.3) is 16.6 Å². The number of benzene rings is 1. The molecule has 128 valence electrons. The number of nitrogens with two attached hydrogens (primary N) is 1. The summed E-state index contributed by atoms with van der Waals surface area (Å²) in [7, 11) is 0. The first-order chi connectivity index (χ1) is 12.1. The van der Waals surface area contributed by atoms with Crippen LogP contribution in [0.3, 0.4) is 0 Å². The first-order valence-electron chi connectivity index (χ1n) is 8.61. The number of hydrogen-bond acceptors (Lipinski definition) is 4. The van der Waals surface area contributed by atoms with E-state index >= 15 is 0 Å². The molecule has 0 saturated carbocycles. The molecule has 2 N–H and O–H groups in total. The number of anilines is 1. The minimum absolute atomic E-state index is 0.285. The topological polar surface area (TPSA) is 77.0 Å². The first-order valence-corrected chi connectivity index (χ1v) is 8.61. The van der Waals surface area contributed by atoms with Crippen LogP contribution in [0, 0.1) is 6.92 Å². The predicted molar refractivity (Wildman–Crippen MR) is 97.8 cm³/mol. The Morgan fingerprint density at radius 1 is 1.20 bits per heavy atom. The van der Waals surface area contributed by atoms with Crippen molar-refractivity contribution in [3.8, 4) is 5.69 Å². The maximum atomic E-state index is 11.9. The van der Waals surface area contributed by atoms with Gasteiger partial charge in [0.15, 0.2) is 5.82 Å². The monoisotopic (exact) mass is 335 g/mol. The van der Waals surface area contributed by atoms with Gasteiger partial charge in [-0.3, -0.25) is 9.78 Å². The molecular formula is C19H21N5O. The zero-order chi connectivity index (χ0) is 17.4. The van der Waals surface area contributed by atoms with Crippen LogP contribution in [-0.4, -0.2) is 33.3 Å². The number of fused-ring (bicyclic) bond motifs is 1. The standard InChI is InChI=1S/C19H21N5O/c1-13-5-7-14(8-6-13)24-17-12-21-10-9-15(17)19(22-24)23-11-3-2-4-16(23)18(20)25/h5-10,12,16H,2-4,11H2,1H3,(H2,20,25).